The van der Waals surface area contributed by atoms with Crippen molar-refractivity contribution in [3.63, 3.8) is 0 Å². The highest BCUT2D eigenvalue weighted by molar-refractivity contribution is 5.82. The topological polar surface area (TPSA) is 64.6 Å². The fourth-order valence-electron chi connectivity index (χ4n) is 1.76. The molecule has 0 heterocycles. The minimum atomic E-state index is -0.576. The number of rotatable bonds is 5. The molecule has 1 N–H and O–H groups in total. The Bertz CT molecular complexity index is 517. The minimum Gasteiger partial charge on any atom is -0.466 e. The van der Waals surface area contributed by atoms with Crippen molar-refractivity contribution in [3.8, 4) is 0 Å². The molecule has 1 aromatic rings. The van der Waals surface area contributed by atoms with E-state index in [1.807, 2.05) is 30.3 Å². The number of carbonyl (C=O) groups excluding carboxylic acids is 2. The standard InChI is InChI=1S/C17H23NO4/c1-17(2,3)22-16(20)18-14(10-11-15(19)21-4)12-13-8-6-5-7-9-13/h5-11,14H,12H2,1-4H3,(H,18,20). The van der Waals surface area contributed by atoms with Crippen molar-refractivity contribution in [2.45, 2.75) is 38.8 Å². The Hall–Kier alpha value is -2.30. The van der Waals surface area contributed by atoms with Crippen LogP contribution in [0.4, 0.5) is 4.79 Å². The van der Waals surface area contributed by atoms with E-state index in [1.165, 1.54) is 13.2 Å². The smallest absolute Gasteiger partial charge is 0.408 e. The van der Waals surface area contributed by atoms with Crippen LogP contribution in [0.3, 0.4) is 0 Å². The maximum atomic E-state index is 11.9. The molecular formula is C17H23NO4. The minimum absolute atomic E-state index is 0.364. The maximum Gasteiger partial charge on any atom is 0.408 e. The molecule has 0 aromatic heterocycles. The van der Waals surface area contributed by atoms with Gasteiger partial charge in [0.25, 0.3) is 0 Å². The summed E-state index contributed by atoms with van der Waals surface area (Å²) in [5.74, 6) is -0.468. The van der Waals surface area contributed by atoms with E-state index < -0.39 is 17.7 Å². The third-order valence-electron chi connectivity index (χ3n) is 2.67. The van der Waals surface area contributed by atoms with E-state index in [-0.39, 0.29) is 6.04 Å². The van der Waals surface area contributed by atoms with Crippen LogP contribution in [0.25, 0.3) is 0 Å². The van der Waals surface area contributed by atoms with Crippen LogP contribution in [-0.2, 0) is 20.7 Å². The highest BCUT2D eigenvalue weighted by atomic mass is 16.6. The number of esters is 1. The average Bonchev–Trinajstić information content (AvgIpc) is 2.43. The van der Waals surface area contributed by atoms with Crippen molar-refractivity contribution in [2.75, 3.05) is 7.11 Å². The quantitative estimate of drug-likeness (QED) is 0.671. The second kappa shape index (κ2) is 8.22. The van der Waals surface area contributed by atoms with E-state index in [0.717, 1.165) is 5.56 Å². The molecule has 0 radical (unpaired) electrons. The Morgan fingerprint density at radius 3 is 2.41 bits per heavy atom. The van der Waals surface area contributed by atoms with Crippen molar-refractivity contribution in [1.29, 1.82) is 0 Å². The lowest BCUT2D eigenvalue weighted by atomic mass is 10.1. The molecule has 22 heavy (non-hydrogen) atoms. The van der Waals surface area contributed by atoms with E-state index in [4.69, 9.17) is 4.74 Å². The number of hydrogen-bond acceptors (Lipinski definition) is 4. The molecule has 0 fully saturated rings. The van der Waals surface area contributed by atoms with E-state index >= 15 is 0 Å². The van der Waals surface area contributed by atoms with E-state index in [9.17, 15) is 9.59 Å². The molecule has 0 bridgehead atoms. The summed E-state index contributed by atoms with van der Waals surface area (Å²) in [6.07, 6.45) is 2.92. The van der Waals surface area contributed by atoms with Crippen LogP contribution in [-0.4, -0.2) is 30.8 Å². The van der Waals surface area contributed by atoms with Gasteiger partial charge in [-0.05, 0) is 32.8 Å². The van der Waals surface area contributed by atoms with E-state index in [0.29, 0.717) is 6.42 Å². The number of benzene rings is 1. The van der Waals surface area contributed by atoms with Gasteiger partial charge in [0.2, 0.25) is 0 Å². The third-order valence-corrected chi connectivity index (χ3v) is 2.67. The van der Waals surface area contributed by atoms with Gasteiger partial charge >= 0.3 is 12.1 Å². The Labute approximate surface area is 131 Å². The monoisotopic (exact) mass is 305 g/mol. The van der Waals surface area contributed by atoms with E-state index in [2.05, 4.69) is 10.1 Å². The number of ether oxygens (including phenoxy) is 2. The fourth-order valence-corrected chi connectivity index (χ4v) is 1.76. The Kier molecular flexibility index (Phi) is 6.63. The molecule has 1 unspecified atom stereocenters. The largest absolute Gasteiger partial charge is 0.466 e. The first-order valence-corrected chi connectivity index (χ1v) is 7.10. The molecule has 1 rings (SSSR count). The molecule has 0 aliphatic rings. The van der Waals surface area contributed by atoms with Crippen molar-refractivity contribution >= 4 is 12.1 Å². The molecule has 0 saturated carbocycles. The highest BCUT2D eigenvalue weighted by Gasteiger charge is 2.18. The van der Waals surface area contributed by atoms with Gasteiger partial charge in [0.05, 0.1) is 13.2 Å². The molecule has 1 atom stereocenters. The summed E-state index contributed by atoms with van der Waals surface area (Å²) >= 11 is 0. The van der Waals surface area contributed by atoms with Gasteiger partial charge in [-0.25, -0.2) is 9.59 Å². The predicted octanol–water partition coefficient (Wildman–Crippen LogP) is 2.85. The van der Waals surface area contributed by atoms with Gasteiger partial charge in [0, 0.05) is 6.08 Å². The Morgan fingerprint density at radius 1 is 1.23 bits per heavy atom. The summed E-state index contributed by atoms with van der Waals surface area (Å²) in [6, 6.07) is 9.31. The molecule has 120 valence electrons. The second-order valence-electron chi connectivity index (χ2n) is 5.82. The molecule has 0 aliphatic carbocycles. The van der Waals surface area contributed by atoms with Gasteiger partial charge < -0.3 is 14.8 Å². The lowest BCUT2D eigenvalue weighted by Gasteiger charge is -2.22. The Morgan fingerprint density at radius 2 is 1.86 bits per heavy atom. The van der Waals surface area contributed by atoms with E-state index in [1.54, 1.807) is 26.8 Å². The normalized spacial score (nSPS) is 12.7. The SMILES string of the molecule is COC(=O)C=CC(Cc1ccccc1)NC(=O)OC(C)(C)C. The number of alkyl carbamates (subject to hydrolysis) is 1. The van der Waals surface area contributed by atoms with Crippen LogP contribution >= 0.6 is 0 Å². The lowest BCUT2D eigenvalue weighted by molar-refractivity contribution is -0.134. The Balaban J connectivity index is 2.75. The zero-order chi connectivity index (χ0) is 16.6. The van der Waals surface area contributed by atoms with Crippen molar-refractivity contribution in [3.05, 3.63) is 48.0 Å². The summed E-state index contributed by atoms with van der Waals surface area (Å²) in [7, 11) is 1.31. The van der Waals surface area contributed by atoms with Crippen LogP contribution in [0, 0.1) is 0 Å². The van der Waals surface area contributed by atoms with Crippen molar-refractivity contribution in [1.82, 2.24) is 5.32 Å². The first kappa shape index (κ1) is 17.8. The van der Waals surface area contributed by atoms with Gasteiger partial charge in [-0.15, -0.1) is 0 Å². The first-order chi connectivity index (χ1) is 10.3. The van der Waals surface area contributed by atoms with Crippen molar-refractivity contribution < 1.29 is 19.1 Å². The summed E-state index contributed by atoms with van der Waals surface area (Å²) in [5, 5.41) is 2.75. The first-order valence-electron chi connectivity index (χ1n) is 7.10. The molecule has 5 nitrogen and oxygen atoms in total. The highest BCUT2D eigenvalue weighted by Crippen LogP contribution is 2.09. The molecule has 1 aromatic carbocycles. The van der Waals surface area contributed by atoms with Crippen LogP contribution < -0.4 is 5.32 Å². The van der Waals surface area contributed by atoms with Crippen LogP contribution in [0.2, 0.25) is 0 Å². The molecule has 0 saturated heterocycles. The van der Waals surface area contributed by atoms with Crippen molar-refractivity contribution in [2.24, 2.45) is 0 Å². The molecule has 5 heteroatoms. The maximum absolute atomic E-state index is 11.9. The van der Waals surface area contributed by atoms with Crippen LogP contribution in [0.15, 0.2) is 42.5 Å². The number of amides is 1. The fraction of sp³-hybridized carbons (Fsp3) is 0.412. The zero-order valence-electron chi connectivity index (χ0n) is 13.5. The van der Waals surface area contributed by atoms with Gasteiger partial charge in [-0.3, -0.25) is 0 Å². The number of hydrogen-bond donors (Lipinski definition) is 1. The second-order valence-corrected chi connectivity index (χ2v) is 5.82. The molecule has 0 spiro atoms. The third kappa shape index (κ3) is 7.47. The molecule has 1 amide bonds. The summed E-state index contributed by atoms with van der Waals surface area (Å²) < 4.78 is 9.81. The van der Waals surface area contributed by atoms with Gasteiger partial charge in [-0.1, -0.05) is 36.4 Å². The van der Waals surface area contributed by atoms with Gasteiger partial charge in [0.15, 0.2) is 0 Å². The predicted molar refractivity (Wildman–Crippen MR) is 84.5 cm³/mol. The lowest BCUT2D eigenvalue weighted by Crippen LogP contribution is -2.39. The number of carbonyl (C=O) groups is 2. The summed E-state index contributed by atoms with van der Waals surface area (Å²) in [4.78, 5) is 23.1. The summed E-state index contributed by atoms with van der Waals surface area (Å²) in [6.45, 7) is 5.38. The van der Waals surface area contributed by atoms with Gasteiger partial charge in [-0.2, -0.15) is 0 Å². The molecular weight excluding hydrogens is 282 g/mol. The zero-order valence-corrected chi connectivity index (χ0v) is 13.5. The number of methoxy groups -OCH3 is 1. The van der Waals surface area contributed by atoms with Gasteiger partial charge in [0.1, 0.15) is 5.60 Å². The number of nitrogens with one attached hydrogen (secondary N) is 1. The molecule has 0 aliphatic heterocycles. The average molecular weight is 305 g/mol. The van der Waals surface area contributed by atoms with Crippen LogP contribution in [0.1, 0.15) is 26.3 Å². The summed E-state index contributed by atoms with van der Waals surface area (Å²) in [5.41, 5.74) is 0.464. The van der Waals surface area contributed by atoms with Crippen LogP contribution in [0.5, 0.6) is 0 Å².